The van der Waals surface area contributed by atoms with Gasteiger partial charge in [-0.3, -0.25) is 4.79 Å². The highest BCUT2D eigenvalue weighted by Crippen LogP contribution is 2.30. The lowest BCUT2D eigenvalue weighted by molar-refractivity contribution is -0.137. The first-order valence-corrected chi connectivity index (χ1v) is 6.61. The van der Waals surface area contributed by atoms with Crippen LogP contribution in [0.5, 0.6) is 0 Å². The minimum Gasteiger partial charge on any atom is -0.480 e. The Hall–Kier alpha value is -1.52. The fourth-order valence-corrected chi connectivity index (χ4v) is 2.95. The maximum absolute atomic E-state index is 11.1. The molecule has 0 bridgehead atoms. The van der Waals surface area contributed by atoms with E-state index in [1.807, 2.05) is 4.57 Å². The zero-order valence-corrected chi connectivity index (χ0v) is 12.5. The van der Waals surface area contributed by atoms with Crippen LogP contribution in [0.3, 0.4) is 0 Å². The Kier molecular flexibility index (Phi) is 4.06. The molecule has 0 aliphatic carbocycles. The highest BCUT2D eigenvalue weighted by Gasteiger charge is 2.21. The Bertz CT molecular complexity index is 676. The molecule has 0 saturated heterocycles. The van der Waals surface area contributed by atoms with Gasteiger partial charge < -0.3 is 15.0 Å². The van der Waals surface area contributed by atoms with Crippen molar-refractivity contribution in [2.45, 2.75) is 33.4 Å². The SMILES string of the molecule is Cc1cc2c3c(n(CC(=O)O)c2cc1C)CCNC3.Cl. The largest absolute Gasteiger partial charge is 0.480 e. The third-order valence-corrected chi connectivity index (χ3v) is 4.04. The van der Waals surface area contributed by atoms with Gasteiger partial charge in [0.1, 0.15) is 6.54 Å². The zero-order valence-electron chi connectivity index (χ0n) is 11.7. The maximum atomic E-state index is 11.1. The summed E-state index contributed by atoms with van der Waals surface area (Å²) in [5, 5.41) is 13.7. The van der Waals surface area contributed by atoms with Crippen molar-refractivity contribution in [1.29, 1.82) is 0 Å². The van der Waals surface area contributed by atoms with E-state index in [4.69, 9.17) is 5.11 Å². The number of carboxylic acids is 1. The molecule has 1 aromatic heterocycles. The maximum Gasteiger partial charge on any atom is 0.323 e. The number of hydrogen-bond acceptors (Lipinski definition) is 2. The lowest BCUT2D eigenvalue weighted by Gasteiger charge is -2.16. The lowest BCUT2D eigenvalue weighted by atomic mass is 10.0. The van der Waals surface area contributed by atoms with Crippen LogP contribution >= 0.6 is 12.4 Å². The highest BCUT2D eigenvalue weighted by molar-refractivity contribution is 5.88. The number of aliphatic carboxylic acids is 1. The van der Waals surface area contributed by atoms with Crippen molar-refractivity contribution < 1.29 is 9.90 Å². The molecule has 108 valence electrons. The number of nitrogens with zero attached hydrogens (tertiary/aromatic N) is 1. The van der Waals surface area contributed by atoms with Crippen LogP contribution < -0.4 is 5.32 Å². The third-order valence-electron chi connectivity index (χ3n) is 4.04. The number of hydrogen-bond donors (Lipinski definition) is 2. The van der Waals surface area contributed by atoms with Crippen LogP contribution in [0.25, 0.3) is 10.9 Å². The monoisotopic (exact) mass is 294 g/mol. The Morgan fingerprint density at radius 2 is 2.05 bits per heavy atom. The van der Waals surface area contributed by atoms with Gasteiger partial charge in [0.25, 0.3) is 0 Å². The molecule has 0 amide bonds. The van der Waals surface area contributed by atoms with Crippen molar-refractivity contribution in [3.05, 3.63) is 34.5 Å². The molecule has 0 unspecified atom stereocenters. The predicted octanol–water partition coefficient (Wildman–Crippen LogP) is 2.41. The second-order valence-electron chi connectivity index (χ2n) is 5.29. The highest BCUT2D eigenvalue weighted by atomic mass is 35.5. The lowest BCUT2D eigenvalue weighted by Crippen LogP contribution is -2.25. The first kappa shape index (κ1) is 14.9. The normalized spacial score (nSPS) is 13.9. The molecule has 0 saturated carbocycles. The van der Waals surface area contributed by atoms with Crippen LogP contribution in [-0.4, -0.2) is 22.2 Å². The summed E-state index contributed by atoms with van der Waals surface area (Å²) in [7, 11) is 0. The van der Waals surface area contributed by atoms with Gasteiger partial charge in [-0.15, -0.1) is 12.4 Å². The van der Waals surface area contributed by atoms with Crippen LogP contribution in [0, 0.1) is 13.8 Å². The van der Waals surface area contributed by atoms with Gasteiger partial charge in [-0.1, -0.05) is 0 Å². The van der Waals surface area contributed by atoms with Crippen molar-refractivity contribution >= 4 is 29.3 Å². The van der Waals surface area contributed by atoms with Gasteiger partial charge in [0.05, 0.1) is 0 Å². The number of rotatable bonds is 2. The molecule has 4 nitrogen and oxygen atoms in total. The number of carboxylic acid groups (broad SMARTS) is 1. The summed E-state index contributed by atoms with van der Waals surface area (Å²) in [5.41, 5.74) is 5.97. The van der Waals surface area contributed by atoms with E-state index in [2.05, 4.69) is 31.3 Å². The number of aryl methyl sites for hydroxylation is 2. The van der Waals surface area contributed by atoms with Crippen LogP contribution in [0.1, 0.15) is 22.4 Å². The molecule has 2 N–H and O–H groups in total. The number of benzene rings is 1. The molecule has 0 atom stereocenters. The van der Waals surface area contributed by atoms with Gasteiger partial charge >= 0.3 is 5.97 Å². The van der Waals surface area contributed by atoms with Crippen LogP contribution in [0.2, 0.25) is 0 Å². The molecular weight excluding hydrogens is 276 g/mol. The molecular formula is C15H19ClN2O2. The summed E-state index contributed by atoms with van der Waals surface area (Å²) in [6, 6.07) is 4.31. The second kappa shape index (κ2) is 5.46. The van der Waals surface area contributed by atoms with Gasteiger partial charge in [-0.05, 0) is 42.7 Å². The van der Waals surface area contributed by atoms with E-state index >= 15 is 0 Å². The van der Waals surface area contributed by atoms with E-state index in [-0.39, 0.29) is 19.0 Å². The number of aromatic nitrogens is 1. The van der Waals surface area contributed by atoms with Gasteiger partial charge in [-0.25, -0.2) is 0 Å². The molecule has 5 heteroatoms. The predicted molar refractivity (Wildman–Crippen MR) is 81.7 cm³/mol. The van der Waals surface area contributed by atoms with Gasteiger partial charge in [0, 0.05) is 36.1 Å². The van der Waals surface area contributed by atoms with Crippen LogP contribution in [0.4, 0.5) is 0 Å². The third kappa shape index (κ3) is 2.30. The topological polar surface area (TPSA) is 54.3 Å². The van der Waals surface area contributed by atoms with Crippen molar-refractivity contribution in [3.8, 4) is 0 Å². The van der Waals surface area contributed by atoms with E-state index in [0.717, 1.165) is 25.0 Å². The summed E-state index contributed by atoms with van der Waals surface area (Å²) >= 11 is 0. The smallest absolute Gasteiger partial charge is 0.323 e. The fourth-order valence-electron chi connectivity index (χ4n) is 2.95. The number of nitrogens with one attached hydrogen (secondary N) is 1. The first-order chi connectivity index (χ1) is 9.08. The average Bonchev–Trinajstić information content (AvgIpc) is 2.65. The number of carbonyl (C=O) groups is 1. The van der Waals surface area contributed by atoms with Crippen molar-refractivity contribution in [1.82, 2.24) is 9.88 Å². The molecule has 3 rings (SSSR count). The number of fused-ring (bicyclic) bond motifs is 3. The molecule has 1 aliphatic rings. The zero-order chi connectivity index (χ0) is 13.6. The van der Waals surface area contributed by atoms with Gasteiger partial charge in [0.15, 0.2) is 0 Å². The molecule has 20 heavy (non-hydrogen) atoms. The van der Waals surface area contributed by atoms with Crippen molar-refractivity contribution in [3.63, 3.8) is 0 Å². The van der Waals surface area contributed by atoms with Crippen LogP contribution in [0.15, 0.2) is 12.1 Å². The Morgan fingerprint density at radius 1 is 1.35 bits per heavy atom. The molecule has 2 heterocycles. The van der Waals surface area contributed by atoms with E-state index < -0.39 is 5.97 Å². The van der Waals surface area contributed by atoms with Crippen molar-refractivity contribution in [2.75, 3.05) is 6.54 Å². The molecule has 2 aromatic rings. The van der Waals surface area contributed by atoms with E-state index in [1.54, 1.807) is 0 Å². The number of halogens is 1. The summed E-state index contributed by atoms with van der Waals surface area (Å²) in [6.45, 7) is 5.98. The van der Waals surface area contributed by atoms with Crippen LogP contribution in [-0.2, 0) is 24.3 Å². The minimum absolute atomic E-state index is 0. The Balaban J connectivity index is 0.00000147. The van der Waals surface area contributed by atoms with E-state index in [0.29, 0.717) is 0 Å². The molecule has 1 aromatic carbocycles. The Morgan fingerprint density at radius 3 is 2.75 bits per heavy atom. The van der Waals surface area contributed by atoms with Crippen molar-refractivity contribution in [2.24, 2.45) is 0 Å². The average molecular weight is 295 g/mol. The summed E-state index contributed by atoms with van der Waals surface area (Å²) in [5.74, 6) is -0.781. The molecule has 0 fully saturated rings. The minimum atomic E-state index is -0.781. The summed E-state index contributed by atoms with van der Waals surface area (Å²) in [4.78, 5) is 11.1. The molecule has 0 radical (unpaired) electrons. The Labute approximate surface area is 124 Å². The summed E-state index contributed by atoms with van der Waals surface area (Å²) < 4.78 is 1.97. The van der Waals surface area contributed by atoms with Gasteiger partial charge in [-0.2, -0.15) is 0 Å². The second-order valence-corrected chi connectivity index (χ2v) is 5.29. The first-order valence-electron chi connectivity index (χ1n) is 6.61. The van der Waals surface area contributed by atoms with E-state index in [1.165, 1.54) is 27.8 Å². The standard InChI is InChI=1S/C15H18N2O2.ClH/c1-9-5-11-12-7-16-4-3-13(12)17(8-15(18)19)14(11)6-10(9)2;/h5-6,16H,3-4,7-8H2,1-2H3,(H,18,19);1H. The fraction of sp³-hybridized carbons (Fsp3) is 0.400. The molecule has 1 aliphatic heterocycles. The molecule has 0 spiro atoms. The summed E-state index contributed by atoms with van der Waals surface area (Å²) in [6.07, 6.45) is 0.898. The van der Waals surface area contributed by atoms with E-state index in [9.17, 15) is 4.79 Å². The van der Waals surface area contributed by atoms with Gasteiger partial charge in [0.2, 0.25) is 0 Å². The quantitative estimate of drug-likeness (QED) is 0.894.